The molecule has 0 amide bonds. The van der Waals surface area contributed by atoms with Gasteiger partial charge in [-0.3, -0.25) is 0 Å². The second kappa shape index (κ2) is 5.88. The van der Waals surface area contributed by atoms with E-state index in [2.05, 4.69) is 4.74 Å². The minimum atomic E-state index is -0.829. The molecule has 0 N–H and O–H groups in total. The smallest absolute Gasteiger partial charge is 0.496 e. The van der Waals surface area contributed by atoms with E-state index < -0.39 is 6.16 Å². The van der Waals surface area contributed by atoms with Gasteiger partial charge in [0.1, 0.15) is 5.75 Å². The van der Waals surface area contributed by atoms with Gasteiger partial charge in [0.15, 0.2) is 11.5 Å². The van der Waals surface area contributed by atoms with Gasteiger partial charge < -0.3 is 18.9 Å². The molecule has 0 aliphatic carbocycles. The Morgan fingerprint density at radius 3 is 2.30 bits per heavy atom. The molecule has 0 saturated heterocycles. The number of methoxy groups -OCH3 is 3. The fourth-order valence-electron chi connectivity index (χ4n) is 1.86. The Balaban J connectivity index is 2.73. The number of halogens is 1. The van der Waals surface area contributed by atoms with Crippen LogP contribution in [0.1, 0.15) is 0 Å². The molecule has 0 heterocycles. The van der Waals surface area contributed by atoms with Crippen LogP contribution in [0, 0.1) is 0 Å². The summed E-state index contributed by atoms with van der Waals surface area (Å²) in [6, 6.07) is 6.75. The molecule has 0 atom stereocenters. The lowest BCUT2D eigenvalue weighted by Crippen LogP contribution is -2.08. The van der Waals surface area contributed by atoms with Crippen LogP contribution < -0.4 is 14.2 Å². The van der Waals surface area contributed by atoms with E-state index in [9.17, 15) is 4.79 Å². The molecule has 0 bridgehead atoms. The maximum atomic E-state index is 11.4. The molecule has 2 aromatic rings. The van der Waals surface area contributed by atoms with Crippen LogP contribution in [0.15, 0.2) is 24.3 Å². The zero-order chi connectivity index (χ0) is 14.7. The number of carbonyl (C=O) groups excluding carboxylic acids is 1. The van der Waals surface area contributed by atoms with Crippen molar-refractivity contribution in [2.75, 3.05) is 21.3 Å². The van der Waals surface area contributed by atoms with E-state index in [1.807, 2.05) is 0 Å². The van der Waals surface area contributed by atoms with Gasteiger partial charge in [-0.25, -0.2) is 4.79 Å². The van der Waals surface area contributed by atoms with E-state index >= 15 is 0 Å². The molecule has 6 heteroatoms. The van der Waals surface area contributed by atoms with E-state index in [0.717, 1.165) is 0 Å². The average molecular weight is 297 g/mol. The second-order valence-electron chi connectivity index (χ2n) is 3.86. The Hall–Kier alpha value is -2.14. The fraction of sp³-hybridized carbons (Fsp3) is 0.214. The van der Waals surface area contributed by atoms with Crippen molar-refractivity contribution in [2.45, 2.75) is 0 Å². The number of fused-ring (bicyclic) bond motifs is 1. The normalized spacial score (nSPS) is 10.2. The van der Waals surface area contributed by atoms with Crippen molar-refractivity contribution in [1.29, 1.82) is 0 Å². The highest BCUT2D eigenvalue weighted by Crippen LogP contribution is 2.42. The van der Waals surface area contributed by atoms with Gasteiger partial charge in [0.25, 0.3) is 0 Å². The first-order chi connectivity index (χ1) is 9.60. The summed E-state index contributed by atoms with van der Waals surface area (Å²) < 4.78 is 20.2. The lowest BCUT2D eigenvalue weighted by Gasteiger charge is -2.14. The van der Waals surface area contributed by atoms with Crippen molar-refractivity contribution in [3.63, 3.8) is 0 Å². The molecule has 0 fully saturated rings. The fourth-order valence-corrected chi connectivity index (χ4v) is 2.04. The van der Waals surface area contributed by atoms with Gasteiger partial charge in [-0.05, 0) is 18.2 Å². The Kier molecular flexibility index (Phi) is 4.20. The lowest BCUT2D eigenvalue weighted by atomic mass is 10.1. The van der Waals surface area contributed by atoms with E-state index in [0.29, 0.717) is 27.3 Å². The number of carbonyl (C=O) groups is 1. The highest BCUT2D eigenvalue weighted by molar-refractivity contribution is 6.31. The first-order valence-corrected chi connectivity index (χ1v) is 6.08. The Labute approximate surface area is 120 Å². The highest BCUT2D eigenvalue weighted by atomic mass is 35.5. The van der Waals surface area contributed by atoms with E-state index in [-0.39, 0.29) is 5.75 Å². The van der Waals surface area contributed by atoms with Crippen molar-refractivity contribution >= 4 is 28.5 Å². The van der Waals surface area contributed by atoms with Gasteiger partial charge in [0, 0.05) is 21.9 Å². The summed E-state index contributed by atoms with van der Waals surface area (Å²) in [5.41, 5.74) is 0. The van der Waals surface area contributed by atoms with Crippen molar-refractivity contribution in [3.05, 3.63) is 29.3 Å². The number of hydrogen-bond donors (Lipinski definition) is 0. The average Bonchev–Trinajstić information content (AvgIpc) is 2.47. The third-order valence-corrected chi connectivity index (χ3v) is 3.00. The van der Waals surface area contributed by atoms with Crippen LogP contribution in [0.2, 0.25) is 5.02 Å². The van der Waals surface area contributed by atoms with Gasteiger partial charge in [-0.1, -0.05) is 11.6 Å². The topological polar surface area (TPSA) is 54.0 Å². The largest absolute Gasteiger partial charge is 0.513 e. The van der Waals surface area contributed by atoms with Crippen molar-refractivity contribution in [3.8, 4) is 17.2 Å². The first-order valence-electron chi connectivity index (χ1n) is 5.70. The van der Waals surface area contributed by atoms with E-state index in [1.54, 1.807) is 24.3 Å². The Morgan fingerprint density at radius 2 is 1.70 bits per heavy atom. The molecule has 0 aliphatic rings. The predicted molar refractivity (Wildman–Crippen MR) is 75.1 cm³/mol. The summed E-state index contributed by atoms with van der Waals surface area (Å²) in [6.45, 7) is 0. The molecule has 5 nitrogen and oxygen atoms in total. The molecule has 0 aromatic heterocycles. The second-order valence-corrected chi connectivity index (χ2v) is 4.29. The maximum absolute atomic E-state index is 11.4. The van der Waals surface area contributed by atoms with Gasteiger partial charge in [-0.15, -0.1) is 0 Å². The minimum absolute atomic E-state index is 0.256. The summed E-state index contributed by atoms with van der Waals surface area (Å²) in [4.78, 5) is 11.4. The zero-order valence-electron chi connectivity index (χ0n) is 11.2. The lowest BCUT2D eigenvalue weighted by molar-refractivity contribution is 0.120. The highest BCUT2D eigenvalue weighted by Gasteiger charge is 2.18. The van der Waals surface area contributed by atoms with Crippen LogP contribution in [0.3, 0.4) is 0 Å². The van der Waals surface area contributed by atoms with Crippen LogP contribution in [0.5, 0.6) is 17.2 Å². The van der Waals surface area contributed by atoms with Gasteiger partial charge in [-0.2, -0.15) is 0 Å². The summed E-state index contributed by atoms with van der Waals surface area (Å²) in [6.07, 6.45) is -0.829. The predicted octanol–water partition coefficient (Wildman–Crippen LogP) is 3.66. The molecule has 0 unspecified atom stereocenters. The Morgan fingerprint density at radius 1 is 1.00 bits per heavy atom. The summed E-state index contributed by atoms with van der Waals surface area (Å²) in [5, 5.41) is 1.89. The zero-order valence-corrected chi connectivity index (χ0v) is 12.0. The van der Waals surface area contributed by atoms with Crippen LogP contribution >= 0.6 is 11.6 Å². The van der Waals surface area contributed by atoms with Gasteiger partial charge >= 0.3 is 6.16 Å². The molecule has 20 heavy (non-hydrogen) atoms. The third-order valence-electron chi connectivity index (χ3n) is 2.77. The van der Waals surface area contributed by atoms with Gasteiger partial charge in [0.2, 0.25) is 0 Å². The standard InChI is InChI=1S/C14H13ClO5/c1-17-11-7-12(18-2)13(20-14(16)19-3)9-5-4-8(15)6-10(9)11/h4-7H,1-3H3. The molecule has 2 rings (SSSR count). The van der Waals surface area contributed by atoms with Crippen molar-refractivity contribution < 1.29 is 23.7 Å². The molecule has 0 aliphatic heterocycles. The summed E-state index contributed by atoms with van der Waals surface area (Å²) >= 11 is 5.99. The van der Waals surface area contributed by atoms with Crippen LogP contribution in [-0.4, -0.2) is 27.5 Å². The number of benzene rings is 2. The van der Waals surface area contributed by atoms with Crippen LogP contribution in [0.25, 0.3) is 10.8 Å². The van der Waals surface area contributed by atoms with Crippen LogP contribution in [-0.2, 0) is 4.74 Å². The van der Waals surface area contributed by atoms with E-state index in [4.69, 9.17) is 25.8 Å². The first kappa shape index (κ1) is 14.3. The molecular formula is C14H13ClO5. The molecule has 0 radical (unpaired) electrons. The minimum Gasteiger partial charge on any atom is -0.496 e. The molecule has 106 valence electrons. The quantitative estimate of drug-likeness (QED) is 0.639. The monoisotopic (exact) mass is 296 g/mol. The number of rotatable bonds is 3. The molecule has 0 saturated carbocycles. The molecule has 2 aromatic carbocycles. The Bertz CT molecular complexity index is 654. The van der Waals surface area contributed by atoms with Crippen molar-refractivity contribution in [1.82, 2.24) is 0 Å². The van der Waals surface area contributed by atoms with E-state index in [1.165, 1.54) is 21.3 Å². The summed E-state index contributed by atoms with van der Waals surface area (Å²) in [7, 11) is 4.24. The number of hydrogen-bond acceptors (Lipinski definition) is 5. The SMILES string of the molecule is COC(=O)Oc1c(OC)cc(OC)c2cc(Cl)ccc12. The van der Waals surface area contributed by atoms with Crippen LogP contribution in [0.4, 0.5) is 4.79 Å². The molecular weight excluding hydrogens is 284 g/mol. The third kappa shape index (κ3) is 2.58. The molecule has 0 spiro atoms. The van der Waals surface area contributed by atoms with Gasteiger partial charge in [0.05, 0.1) is 21.3 Å². The maximum Gasteiger partial charge on any atom is 0.513 e. The number of ether oxygens (including phenoxy) is 4. The summed E-state index contributed by atoms with van der Waals surface area (Å²) in [5.74, 6) is 1.19. The van der Waals surface area contributed by atoms with Crippen molar-refractivity contribution in [2.24, 2.45) is 0 Å².